The van der Waals surface area contributed by atoms with Crippen LogP contribution in [-0.4, -0.2) is 40.8 Å². The van der Waals surface area contributed by atoms with Crippen LogP contribution in [0.25, 0.3) is 0 Å². The summed E-state index contributed by atoms with van der Waals surface area (Å²) >= 11 is 0. The molecule has 0 saturated carbocycles. The molecule has 18 heavy (non-hydrogen) atoms. The van der Waals surface area contributed by atoms with Crippen LogP contribution in [0.3, 0.4) is 0 Å². The van der Waals surface area contributed by atoms with E-state index in [9.17, 15) is 0 Å². The molecule has 0 heterocycles. The highest BCUT2D eigenvalue weighted by Crippen LogP contribution is 2.36. The van der Waals surface area contributed by atoms with E-state index in [1.54, 1.807) is 0 Å². The van der Waals surface area contributed by atoms with E-state index >= 15 is 0 Å². The predicted molar refractivity (Wildman–Crippen MR) is 79.7 cm³/mol. The van der Waals surface area contributed by atoms with Crippen LogP contribution in [-0.2, 0) is 13.9 Å². The molecule has 0 bridgehead atoms. The third-order valence-electron chi connectivity index (χ3n) is 3.70. The van der Waals surface area contributed by atoms with Gasteiger partial charge in [-0.15, -0.1) is 0 Å². The van der Waals surface area contributed by atoms with Crippen LogP contribution in [0, 0.1) is 0 Å². The Morgan fingerprint density at radius 1 is 1.00 bits per heavy atom. The van der Waals surface area contributed by atoms with Gasteiger partial charge in [-0.3, -0.25) is 0 Å². The Kier molecular flexibility index (Phi) is 8.35. The van der Waals surface area contributed by atoms with E-state index in [0.29, 0.717) is 32.5 Å². The van der Waals surface area contributed by atoms with Crippen molar-refractivity contribution in [2.75, 3.05) is 26.4 Å². The quantitative estimate of drug-likeness (QED) is 0.473. The topological polar surface area (TPSA) is 27.7 Å². The molecule has 1 atom stereocenters. The van der Waals surface area contributed by atoms with Crippen LogP contribution in [0.2, 0.25) is 18.1 Å². The first-order valence-electron chi connectivity index (χ1n) is 7.04. The summed E-state index contributed by atoms with van der Waals surface area (Å²) in [6, 6.07) is 0. The second-order valence-electron chi connectivity index (χ2n) is 6.31. The molecule has 0 aliphatic carbocycles. The second kappa shape index (κ2) is 8.30. The van der Waals surface area contributed by atoms with Crippen molar-refractivity contribution in [2.24, 2.45) is 0 Å². The van der Waals surface area contributed by atoms with Gasteiger partial charge in [0.05, 0.1) is 32.5 Å². The Bertz CT molecular complexity index is 212. The molecule has 0 aliphatic rings. The molecule has 4 heteroatoms. The van der Waals surface area contributed by atoms with Crippen LogP contribution in [0.15, 0.2) is 0 Å². The van der Waals surface area contributed by atoms with E-state index in [2.05, 4.69) is 47.7 Å². The minimum absolute atomic E-state index is 0.271. The third kappa shape index (κ3) is 7.51. The standard InChI is InChI=1S/C14H32O3Si/c1-8-13(2)16-11-9-15-10-12-17-18(6,7)14(3,4)5/h13H,8-12H2,1-7H3. The fourth-order valence-electron chi connectivity index (χ4n) is 1.10. The largest absolute Gasteiger partial charge is 0.414 e. The van der Waals surface area contributed by atoms with Gasteiger partial charge >= 0.3 is 0 Å². The Hall–Kier alpha value is 0.0969. The lowest BCUT2D eigenvalue weighted by molar-refractivity contribution is 0.00409. The van der Waals surface area contributed by atoms with E-state index < -0.39 is 8.32 Å². The monoisotopic (exact) mass is 276 g/mol. The molecular weight excluding hydrogens is 244 g/mol. The summed E-state index contributed by atoms with van der Waals surface area (Å²) in [5.74, 6) is 0. The maximum Gasteiger partial charge on any atom is 0.192 e. The Morgan fingerprint density at radius 3 is 2.06 bits per heavy atom. The van der Waals surface area contributed by atoms with Crippen LogP contribution in [0.1, 0.15) is 41.0 Å². The molecular formula is C14H32O3Si. The van der Waals surface area contributed by atoms with Gasteiger partial charge in [0.1, 0.15) is 0 Å². The van der Waals surface area contributed by atoms with Gasteiger partial charge in [0.25, 0.3) is 0 Å². The zero-order chi connectivity index (χ0) is 14.2. The molecule has 0 fully saturated rings. The van der Waals surface area contributed by atoms with Crippen molar-refractivity contribution in [3.8, 4) is 0 Å². The van der Waals surface area contributed by atoms with Crippen LogP contribution in [0.5, 0.6) is 0 Å². The normalized spacial score (nSPS) is 14.8. The van der Waals surface area contributed by atoms with Gasteiger partial charge in [-0.2, -0.15) is 0 Å². The molecule has 0 aromatic heterocycles. The fraction of sp³-hybridized carbons (Fsp3) is 1.00. The molecule has 0 N–H and O–H groups in total. The molecule has 0 aromatic rings. The maximum absolute atomic E-state index is 6.02. The van der Waals surface area contributed by atoms with E-state index in [-0.39, 0.29) is 5.04 Å². The van der Waals surface area contributed by atoms with E-state index in [0.717, 1.165) is 6.42 Å². The fourth-order valence-corrected chi connectivity index (χ4v) is 2.13. The molecule has 0 radical (unpaired) electrons. The summed E-state index contributed by atoms with van der Waals surface area (Å²) in [7, 11) is -1.61. The number of rotatable bonds is 9. The highest BCUT2D eigenvalue weighted by Gasteiger charge is 2.36. The minimum Gasteiger partial charge on any atom is -0.414 e. The van der Waals surface area contributed by atoms with Crippen molar-refractivity contribution in [1.29, 1.82) is 0 Å². The lowest BCUT2D eigenvalue weighted by atomic mass is 10.2. The first-order chi connectivity index (χ1) is 8.20. The van der Waals surface area contributed by atoms with Gasteiger partial charge < -0.3 is 13.9 Å². The highest BCUT2D eigenvalue weighted by atomic mass is 28.4. The van der Waals surface area contributed by atoms with Gasteiger partial charge in [-0.25, -0.2) is 0 Å². The number of hydrogen-bond donors (Lipinski definition) is 0. The van der Waals surface area contributed by atoms with Gasteiger partial charge in [-0.1, -0.05) is 27.7 Å². The molecule has 0 spiro atoms. The molecule has 0 saturated heterocycles. The maximum atomic E-state index is 6.02. The van der Waals surface area contributed by atoms with Crippen molar-refractivity contribution in [1.82, 2.24) is 0 Å². The van der Waals surface area contributed by atoms with Crippen molar-refractivity contribution in [3.05, 3.63) is 0 Å². The highest BCUT2D eigenvalue weighted by molar-refractivity contribution is 6.74. The molecule has 0 rings (SSSR count). The first kappa shape index (κ1) is 18.1. The predicted octanol–water partition coefficient (Wildman–Crippen LogP) is 3.84. The van der Waals surface area contributed by atoms with Gasteiger partial charge in [0, 0.05) is 0 Å². The lowest BCUT2D eigenvalue weighted by Gasteiger charge is -2.36. The first-order valence-corrected chi connectivity index (χ1v) is 9.95. The molecule has 3 nitrogen and oxygen atoms in total. The second-order valence-corrected chi connectivity index (χ2v) is 11.1. The summed E-state index contributed by atoms with van der Waals surface area (Å²) in [6.45, 7) is 18.2. The molecule has 0 aliphatic heterocycles. The van der Waals surface area contributed by atoms with Crippen molar-refractivity contribution in [2.45, 2.75) is 65.3 Å². The lowest BCUT2D eigenvalue weighted by Crippen LogP contribution is -2.41. The summed E-state index contributed by atoms with van der Waals surface area (Å²) in [4.78, 5) is 0. The molecule has 1 unspecified atom stereocenters. The van der Waals surface area contributed by atoms with Crippen molar-refractivity contribution in [3.63, 3.8) is 0 Å². The average molecular weight is 276 g/mol. The Labute approximate surface area is 114 Å². The molecule has 0 aromatic carbocycles. The Balaban J connectivity index is 3.52. The minimum atomic E-state index is -1.61. The summed E-state index contributed by atoms with van der Waals surface area (Å²) in [6.07, 6.45) is 1.38. The van der Waals surface area contributed by atoms with Crippen LogP contribution in [0.4, 0.5) is 0 Å². The number of hydrogen-bond acceptors (Lipinski definition) is 3. The van der Waals surface area contributed by atoms with Crippen molar-refractivity contribution >= 4 is 8.32 Å². The Morgan fingerprint density at radius 2 is 1.56 bits per heavy atom. The SMILES string of the molecule is CCC(C)OCCOCCO[Si](C)(C)C(C)(C)C. The van der Waals surface area contributed by atoms with Gasteiger partial charge in [0.2, 0.25) is 0 Å². The van der Waals surface area contributed by atoms with E-state index in [4.69, 9.17) is 13.9 Å². The summed E-state index contributed by atoms with van der Waals surface area (Å²) in [5, 5.41) is 0.271. The zero-order valence-corrected chi connectivity index (χ0v) is 14.3. The summed E-state index contributed by atoms with van der Waals surface area (Å²) < 4.78 is 17.1. The van der Waals surface area contributed by atoms with E-state index in [1.807, 2.05) is 0 Å². The average Bonchev–Trinajstić information content (AvgIpc) is 2.25. The van der Waals surface area contributed by atoms with E-state index in [1.165, 1.54) is 0 Å². The van der Waals surface area contributed by atoms with Crippen LogP contribution >= 0.6 is 0 Å². The molecule has 110 valence electrons. The number of ether oxygens (including phenoxy) is 2. The van der Waals surface area contributed by atoms with Gasteiger partial charge in [-0.05, 0) is 31.5 Å². The zero-order valence-electron chi connectivity index (χ0n) is 13.3. The smallest absolute Gasteiger partial charge is 0.192 e. The molecule has 0 amide bonds. The van der Waals surface area contributed by atoms with Crippen molar-refractivity contribution < 1.29 is 13.9 Å². The summed E-state index contributed by atoms with van der Waals surface area (Å²) in [5.41, 5.74) is 0. The van der Waals surface area contributed by atoms with Crippen LogP contribution < -0.4 is 0 Å². The van der Waals surface area contributed by atoms with Gasteiger partial charge in [0.15, 0.2) is 8.32 Å². The third-order valence-corrected chi connectivity index (χ3v) is 8.24.